The summed E-state index contributed by atoms with van der Waals surface area (Å²) in [5, 5.41) is 9.43. The Morgan fingerprint density at radius 2 is 1.85 bits per heavy atom. The van der Waals surface area contributed by atoms with Crippen molar-refractivity contribution < 1.29 is 19.4 Å². The van der Waals surface area contributed by atoms with Gasteiger partial charge in [-0.3, -0.25) is 4.90 Å². The van der Waals surface area contributed by atoms with Gasteiger partial charge in [0.25, 0.3) is 0 Å². The number of aliphatic carboxylic acids is 1. The molecule has 2 aliphatic rings. The molecular formula is C15H25NO4. The second-order valence-electron chi connectivity index (χ2n) is 7.03. The first-order valence-corrected chi connectivity index (χ1v) is 7.50. The Balaban J connectivity index is 1.97. The van der Waals surface area contributed by atoms with Crippen molar-refractivity contribution in [3.05, 3.63) is 0 Å². The summed E-state index contributed by atoms with van der Waals surface area (Å²) in [5.74, 6) is -0.0465. The molecule has 0 bridgehead atoms. The van der Waals surface area contributed by atoms with Crippen LogP contribution in [0.1, 0.15) is 52.9 Å². The van der Waals surface area contributed by atoms with Gasteiger partial charge >= 0.3 is 12.1 Å². The van der Waals surface area contributed by atoms with Crippen LogP contribution in [0.25, 0.3) is 0 Å². The number of hydrogen-bond acceptors (Lipinski definition) is 3. The zero-order valence-electron chi connectivity index (χ0n) is 12.6. The fraction of sp³-hybridized carbons (Fsp3) is 0.867. The summed E-state index contributed by atoms with van der Waals surface area (Å²) in [5.41, 5.74) is -0.591. The quantitative estimate of drug-likeness (QED) is 0.861. The highest BCUT2D eigenvalue weighted by atomic mass is 16.6. The first-order chi connectivity index (χ1) is 9.28. The van der Waals surface area contributed by atoms with E-state index >= 15 is 0 Å². The number of likely N-dealkylation sites (tertiary alicyclic amines) is 1. The number of carbonyl (C=O) groups is 2. The first-order valence-electron chi connectivity index (χ1n) is 7.50. The Morgan fingerprint density at radius 1 is 1.20 bits per heavy atom. The molecule has 2 rings (SSSR count). The number of carboxylic acid groups (broad SMARTS) is 1. The third kappa shape index (κ3) is 3.87. The van der Waals surface area contributed by atoms with E-state index in [2.05, 4.69) is 0 Å². The predicted molar refractivity (Wildman–Crippen MR) is 74.4 cm³/mol. The molecule has 1 saturated carbocycles. The third-order valence-corrected chi connectivity index (χ3v) is 4.05. The molecule has 1 aliphatic carbocycles. The Labute approximate surface area is 120 Å². The van der Waals surface area contributed by atoms with Crippen LogP contribution in [0.5, 0.6) is 0 Å². The van der Waals surface area contributed by atoms with E-state index < -0.39 is 23.7 Å². The summed E-state index contributed by atoms with van der Waals surface area (Å²) >= 11 is 0. The minimum Gasteiger partial charge on any atom is -0.480 e. The average molecular weight is 283 g/mol. The second kappa shape index (κ2) is 5.62. The van der Waals surface area contributed by atoms with Gasteiger partial charge in [-0.05, 0) is 45.4 Å². The smallest absolute Gasteiger partial charge is 0.411 e. The molecule has 1 amide bonds. The zero-order chi connectivity index (χ0) is 14.9. The molecule has 5 nitrogen and oxygen atoms in total. The van der Waals surface area contributed by atoms with Crippen LogP contribution in [-0.4, -0.2) is 40.3 Å². The largest absolute Gasteiger partial charge is 0.480 e. The van der Waals surface area contributed by atoms with Crippen LogP contribution in [0, 0.1) is 11.8 Å². The molecule has 1 N–H and O–H groups in total. The Morgan fingerprint density at radius 3 is 2.35 bits per heavy atom. The van der Waals surface area contributed by atoms with Crippen molar-refractivity contribution in [3.8, 4) is 0 Å². The molecule has 0 unspecified atom stereocenters. The molecule has 114 valence electrons. The van der Waals surface area contributed by atoms with Gasteiger partial charge in [0.15, 0.2) is 0 Å². The SMILES string of the molecule is CC(C)(C)OC(=O)N1CC[C@H](CCC2CC2)[C@H]1C(=O)O. The minimum absolute atomic E-state index is 0.0700. The standard InChI is InChI=1S/C15H25NO4/c1-15(2,3)20-14(19)16-9-8-11(12(16)13(17)18)7-6-10-4-5-10/h10-12H,4-9H2,1-3H3,(H,17,18)/t11-,12-/m0/s1. The number of ether oxygens (including phenoxy) is 1. The van der Waals surface area contributed by atoms with Crippen molar-refractivity contribution in [2.75, 3.05) is 6.54 Å². The maximum absolute atomic E-state index is 12.1. The van der Waals surface area contributed by atoms with Crippen LogP contribution in [0.15, 0.2) is 0 Å². The lowest BCUT2D eigenvalue weighted by Gasteiger charge is -2.28. The van der Waals surface area contributed by atoms with E-state index in [1.807, 2.05) is 0 Å². The number of rotatable bonds is 4. The van der Waals surface area contributed by atoms with E-state index in [4.69, 9.17) is 4.74 Å². The summed E-state index contributed by atoms with van der Waals surface area (Å²) in [6.45, 7) is 5.87. The van der Waals surface area contributed by atoms with E-state index in [9.17, 15) is 14.7 Å². The summed E-state index contributed by atoms with van der Waals surface area (Å²) < 4.78 is 5.31. The Hall–Kier alpha value is -1.26. The lowest BCUT2D eigenvalue weighted by Crippen LogP contribution is -2.45. The molecule has 0 radical (unpaired) electrons. The van der Waals surface area contributed by atoms with Gasteiger partial charge in [0.1, 0.15) is 11.6 Å². The molecule has 1 heterocycles. The van der Waals surface area contributed by atoms with E-state index in [-0.39, 0.29) is 5.92 Å². The zero-order valence-corrected chi connectivity index (χ0v) is 12.6. The summed E-state index contributed by atoms with van der Waals surface area (Å²) in [6.07, 6.45) is 4.82. The highest BCUT2D eigenvalue weighted by Crippen LogP contribution is 2.38. The average Bonchev–Trinajstić information content (AvgIpc) is 3.01. The molecule has 1 aliphatic heterocycles. The van der Waals surface area contributed by atoms with Crippen LogP contribution in [0.4, 0.5) is 4.79 Å². The monoisotopic (exact) mass is 283 g/mol. The van der Waals surface area contributed by atoms with E-state index in [1.165, 1.54) is 17.7 Å². The fourth-order valence-corrected chi connectivity index (χ4v) is 2.88. The topological polar surface area (TPSA) is 66.8 Å². The minimum atomic E-state index is -0.908. The maximum Gasteiger partial charge on any atom is 0.411 e. The van der Waals surface area contributed by atoms with Crippen LogP contribution >= 0.6 is 0 Å². The van der Waals surface area contributed by atoms with Gasteiger partial charge in [0.2, 0.25) is 0 Å². The normalized spacial score (nSPS) is 26.6. The van der Waals surface area contributed by atoms with Crippen molar-refractivity contribution in [2.45, 2.75) is 64.5 Å². The molecule has 5 heteroatoms. The van der Waals surface area contributed by atoms with Crippen molar-refractivity contribution in [1.82, 2.24) is 4.90 Å². The lowest BCUT2D eigenvalue weighted by atomic mass is 9.94. The number of amides is 1. The van der Waals surface area contributed by atoms with Crippen LogP contribution in [0.2, 0.25) is 0 Å². The summed E-state index contributed by atoms with van der Waals surface area (Å²) in [4.78, 5) is 25.0. The Kier molecular flexibility index (Phi) is 4.25. The number of nitrogens with zero attached hydrogens (tertiary/aromatic N) is 1. The molecule has 2 fully saturated rings. The van der Waals surface area contributed by atoms with Crippen molar-refractivity contribution >= 4 is 12.1 Å². The van der Waals surface area contributed by atoms with Crippen LogP contribution in [0.3, 0.4) is 0 Å². The summed E-state index contributed by atoms with van der Waals surface area (Å²) in [7, 11) is 0. The third-order valence-electron chi connectivity index (χ3n) is 4.05. The maximum atomic E-state index is 12.1. The van der Waals surface area contributed by atoms with Crippen molar-refractivity contribution in [1.29, 1.82) is 0 Å². The molecule has 0 aromatic heterocycles. The van der Waals surface area contributed by atoms with Gasteiger partial charge in [-0.25, -0.2) is 9.59 Å². The van der Waals surface area contributed by atoms with Crippen molar-refractivity contribution in [3.63, 3.8) is 0 Å². The van der Waals surface area contributed by atoms with Gasteiger partial charge in [-0.1, -0.05) is 19.3 Å². The van der Waals surface area contributed by atoms with Crippen LogP contribution in [-0.2, 0) is 9.53 Å². The van der Waals surface area contributed by atoms with Crippen molar-refractivity contribution in [2.24, 2.45) is 11.8 Å². The van der Waals surface area contributed by atoms with Gasteiger partial charge in [-0.15, -0.1) is 0 Å². The molecule has 0 aromatic carbocycles. The van der Waals surface area contributed by atoms with E-state index in [0.29, 0.717) is 6.54 Å². The molecule has 0 spiro atoms. The highest BCUT2D eigenvalue weighted by Gasteiger charge is 2.43. The van der Waals surface area contributed by atoms with Gasteiger partial charge in [0, 0.05) is 6.54 Å². The van der Waals surface area contributed by atoms with Gasteiger partial charge in [-0.2, -0.15) is 0 Å². The molecular weight excluding hydrogens is 258 g/mol. The van der Waals surface area contributed by atoms with Crippen LogP contribution < -0.4 is 0 Å². The molecule has 20 heavy (non-hydrogen) atoms. The van der Waals surface area contributed by atoms with E-state index in [0.717, 1.165) is 25.2 Å². The highest BCUT2D eigenvalue weighted by molar-refractivity contribution is 5.81. The van der Waals surface area contributed by atoms with Gasteiger partial charge < -0.3 is 9.84 Å². The number of carboxylic acids is 1. The van der Waals surface area contributed by atoms with Gasteiger partial charge in [0.05, 0.1) is 0 Å². The molecule has 1 saturated heterocycles. The molecule has 2 atom stereocenters. The number of hydrogen-bond donors (Lipinski definition) is 1. The lowest BCUT2D eigenvalue weighted by molar-refractivity contribution is -0.143. The summed E-state index contributed by atoms with van der Waals surface area (Å²) in [6, 6.07) is -0.719. The Bertz CT molecular complexity index is 384. The number of carbonyl (C=O) groups excluding carboxylic acids is 1. The molecule has 0 aromatic rings. The second-order valence-corrected chi connectivity index (χ2v) is 7.03. The first kappa shape index (κ1) is 15.1. The fourth-order valence-electron chi connectivity index (χ4n) is 2.88. The predicted octanol–water partition coefficient (Wildman–Crippen LogP) is 2.89. The van der Waals surface area contributed by atoms with E-state index in [1.54, 1.807) is 20.8 Å².